The molecule has 1 heterocycles. The number of esters is 1. The van der Waals surface area contributed by atoms with Gasteiger partial charge in [0.25, 0.3) is 0 Å². The van der Waals surface area contributed by atoms with Gasteiger partial charge in [-0.3, -0.25) is 0 Å². The fraction of sp³-hybridized carbons (Fsp3) is 0.412. The van der Waals surface area contributed by atoms with Gasteiger partial charge in [-0.15, -0.1) is 0 Å². The second-order valence-corrected chi connectivity index (χ2v) is 5.81. The first-order chi connectivity index (χ1) is 10.7. The second kappa shape index (κ2) is 6.13. The third-order valence-corrected chi connectivity index (χ3v) is 4.55. The van der Waals surface area contributed by atoms with Crippen LogP contribution < -0.4 is 4.74 Å². The molecule has 1 saturated carbocycles. The van der Waals surface area contributed by atoms with Crippen LogP contribution in [0.1, 0.15) is 48.0 Å². The first kappa shape index (κ1) is 15.1. The van der Waals surface area contributed by atoms with E-state index in [1.807, 2.05) is 12.1 Å². The molecule has 1 aromatic heterocycles. The molecule has 0 amide bonds. The maximum atomic E-state index is 12.0. The second-order valence-electron chi connectivity index (χ2n) is 5.43. The van der Waals surface area contributed by atoms with Gasteiger partial charge in [-0.2, -0.15) is 0 Å². The molecule has 0 radical (unpaired) electrons. The SMILES string of the molecule is CCOC(=O)c1cc2ccc(C3CCC3)c(Cl)c2nc1OC. The number of methoxy groups -OCH3 is 1. The number of carbonyl (C=O) groups excluding carboxylic acids is 1. The number of hydrogen-bond acceptors (Lipinski definition) is 4. The van der Waals surface area contributed by atoms with E-state index < -0.39 is 5.97 Å². The van der Waals surface area contributed by atoms with Crippen molar-refractivity contribution in [3.63, 3.8) is 0 Å². The first-order valence-corrected chi connectivity index (χ1v) is 7.87. The van der Waals surface area contributed by atoms with Gasteiger partial charge in [-0.05, 0) is 37.3 Å². The van der Waals surface area contributed by atoms with E-state index in [-0.39, 0.29) is 5.88 Å². The molecule has 2 aromatic rings. The van der Waals surface area contributed by atoms with Crippen molar-refractivity contribution in [3.8, 4) is 5.88 Å². The smallest absolute Gasteiger partial charge is 0.343 e. The Morgan fingerprint density at radius 2 is 2.18 bits per heavy atom. The molecular formula is C17H18ClNO3. The van der Waals surface area contributed by atoms with E-state index in [4.69, 9.17) is 21.1 Å². The Morgan fingerprint density at radius 1 is 1.41 bits per heavy atom. The van der Waals surface area contributed by atoms with Crippen molar-refractivity contribution < 1.29 is 14.3 Å². The van der Waals surface area contributed by atoms with E-state index in [2.05, 4.69) is 4.98 Å². The lowest BCUT2D eigenvalue weighted by Gasteiger charge is -2.27. The molecule has 5 heteroatoms. The minimum Gasteiger partial charge on any atom is -0.480 e. The van der Waals surface area contributed by atoms with Crippen LogP contribution in [0.4, 0.5) is 0 Å². The van der Waals surface area contributed by atoms with Crippen LogP contribution >= 0.6 is 11.6 Å². The molecule has 1 aliphatic rings. The Bertz CT molecular complexity index is 725. The van der Waals surface area contributed by atoms with Crippen LogP contribution in [-0.2, 0) is 4.74 Å². The van der Waals surface area contributed by atoms with E-state index in [0.29, 0.717) is 28.6 Å². The zero-order chi connectivity index (χ0) is 15.7. The fourth-order valence-electron chi connectivity index (χ4n) is 2.75. The number of halogens is 1. The molecule has 4 nitrogen and oxygen atoms in total. The number of ether oxygens (including phenoxy) is 2. The molecule has 0 bridgehead atoms. The van der Waals surface area contributed by atoms with E-state index in [1.165, 1.54) is 26.4 Å². The molecule has 1 aliphatic carbocycles. The van der Waals surface area contributed by atoms with E-state index in [9.17, 15) is 4.79 Å². The van der Waals surface area contributed by atoms with Crippen molar-refractivity contribution in [2.75, 3.05) is 13.7 Å². The number of benzene rings is 1. The maximum absolute atomic E-state index is 12.0. The number of fused-ring (bicyclic) bond motifs is 1. The molecule has 0 aliphatic heterocycles. The van der Waals surface area contributed by atoms with Crippen LogP contribution in [0, 0.1) is 0 Å². The van der Waals surface area contributed by atoms with Gasteiger partial charge < -0.3 is 9.47 Å². The van der Waals surface area contributed by atoms with Gasteiger partial charge >= 0.3 is 5.97 Å². The Balaban J connectivity index is 2.12. The maximum Gasteiger partial charge on any atom is 0.343 e. The summed E-state index contributed by atoms with van der Waals surface area (Å²) in [7, 11) is 1.49. The van der Waals surface area contributed by atoms with E-state index in [1.54, 1.807) is 13.0 Å². The average molecular weight is 320 g/mol. The lowest BCUT2D eigenvalue weighted by atomic mass is 9.80. The summed E-state index contributed by atoms with van der Waals surface area (Å²) in [6.07, 6.45) is 3.59. The number of pyridine rings is 1. The standard InChI is InChI=1S/C17H18ClNO3/c1-3-22-17(20)13-9-11-7-8-12(10-5-4-6-10)14(18)15(11)19-16(13)21-2/h7-10H,3-6H2,1-2H3. The predicted octanol–water partition coefficient (Wildman–Crippen LogP) is 4.34. The fourth-order valence-corrected chi connectivity index (χ4v) is 3.12. The summed E-state index contributed by atoms with van der Waals surface area (Å²) in [6.45, 7) is 2.07. The van der Waals surface area contributed by atoms with Gasteiger partial charge in [0.15, 0.2) is 0 Å². The monoisotopic (exact) mass is 319 g/mol. The number of hydrogen-bond donors (Lipinski definition) is 0. The van der Waals surface area contributed by atoms with Crippen molar-refractivity contribution in [1.82, 2.24) is 4.98 Å². The lowest BCUT2D eigenvalue weighted by Crippen LogP contribution is -2.10. The highest BCUT2D eigenvalue weighted by atomic mass is 35.5. The highest BCUT2D eigenvalue weighted by molar-refractivity contribution is 6.36. The van der Waals surface area contributed by atoms with Crippen molar-refractivity contribution in [1.29, 1.82) is 0 Å². The van der Waals surface area contributed by atoms with Crippen LogP contribution in [0.2, 0.25) is 5.02 Å². The highest BCUT2D eigenvalue weighted by Crippen LogP contribution is 2.42. The molecule has 1 aromatic carbocycles. The largest absolute Gasteiger partial charge is 0.480 e. The molecule has 0 unspecified atom stereocenters. The zero-order valence-corrected chi connectivity index (χ0v) is 13.4. The van der Waals surface area contributed by atoms with Crippen LogP contribution in [-0.4, -0.2) is 24.7 Å². The van der Waals surface area contributed by atoms with Gasteiger partial charge in [0.2, 0.25) is 5.88 Å². The number of nitrogens with zero attached hydrogens (tertiary/aromatic N) is 1. The number of rotatable bonds is 4. The number of carbonyl (C=O) groups is 1. The molecule has 116 valence electrons. The van der Waals surface area contributed by atoms with Crippen LogP contribution in [0.3, 0.4) is 0 Å². The van der Waals surface area contributed by atoms with Crippen molar-refractivity contribution in [2.45, 2.75) is 32.1 Å². The third kappa shape index (κ3) is 2.52. The van der Waals surface area contributed by atoms with Gasteiger partial charge in [0, 0.05) is 5.39 Å². The summed E-state index contributed by atoms with van der Waals surface area (Å²) in [4.78, 5) is 16.5. The number of aromatic nitrogens is 1. The summed E-state index contributed by atoms with van der Waals surface area (Å²) in [6, 6.07) is 5.73. The quantitative estimate of drug-likeness (QED) is 0.786. The Morgan fingerprint density at radius 3 is 2.77 bits per heavy atom. The third-order valence-electron chi connectivity index (χ3n) is 4.15. The summed E-state index contributed by atoms with van der Waals surface area (Å²) in [5.41, 5.74) is 2.14. The molecule has 0 atom stereocenters. The molecule has 3 rings (SSSR count). The normalized spacial score (nSPS) is 14.7. The van der Waals surface area contributed by atoms with Gasteiger partial charge in [-0.1, -0.05) is 30.2 Å². The Kier molecular flexibility index (Phi) is 4.21. The van der Waals surface area contributed by atoms with E-state index in [0.717, 1.165) is 10.9 Å². The summed E-state index contributed by atoms with van der Waals surface area (Å²) in [5, 5.41) is 1.48. The summed E-state index contributed by atoms with van der Waals surface area (Å²) >= 11 is 6.54. The first-order valence-electron chi connectivity index (χ1n) is 7.50. The summed E-state index contributed by atoms with van der Waals surface area (Å²) < 4.78 is 10.3. The highest BCUT2D eigenvalue weighted by Gasteiger charge is 2.24. The van der Waals surface area contributed by atoms with Crippen molar-refractivity contribution in [3.05, 3.63) is 34.3 Å². The van der Waals surface area contributed by atoms with Crippen LogP contribution in [0.25, 0.3) is 10.9 Å². The average Bonchev–Trinajstić information content (AvgIpc) is 2.47. The van der Waals surface area contributed by atoms with Crippen molar-refractivity contribution >= 4 is 28.5 Å². The van der Waals surface area contributed by atoms with Crippen LogP contribution in [0.15, 0.2) is 18.2 Å². The molecule has 0 N–H and O–H groups in total. The van der Waals surface area contributed by atoms with Gasteiger partial charge in [-0.25, -0.2) is 9.78 Å². The van der Waals surface area contributed by atoms with Gasteiger partial charge in [0.05, 0.1) is 24.3 Å². The Labute approximate surface area is 134 Å². The molecule has 1 fully saturated rings. The molecule has 22 heavy (non-hydrogen) atoms. The minimum atomic E-state index is -0.437. The van der Waals surface area contributed by atoms with E-state index >= 15 is 0 Å². The van der Waals surface area contributed by atoms with Crippen molar-refractivity contribution in [2.24, 2.45) is 0 Å². The predicted molar refractivity (Wildman–Crippen MR) is 85.9 cm³/mol. The lowest BCUT2D eigenvalue weighted by molar-refractivity contribution is 0.0522. The van der Waals surface area contributed by atoms with Crippen LogP contribution in [0.5, 0.6) is 5.88 Å². The Hall–Kier alpha value is -1.81. The summed E-state index contributed by atoms with van der Waals surface area (Å²) in [5.74, 6) is 0.334. The molecule has 0 spiro atoms. The topological polar surface area (TPSA) is 48.4 Å². The van der Waals surface area contributed by atoms with Gasteiger partial charge in [0.1, 0.15) is 5.56 Å². The minimum absolute atomic E-state index is 0.249. The molecule has 0 saturated heterocycles. The zero-order valence-electron chi connectivity index (χ0n) is 12.7. The molecular weight excluding hydrogens is 302 g/mol.